The van der Waals surface area contributed by atoms with Gasteiger partial charge in [0.05, 0.1) is 10.2 Å². The number of hydrogen-bond donors (Lipinski definition) is 1. The zero-order valence-electron chi connectivity index (χ0n) is 9.48. The minimum Gasteiger partial charge on any atom is -0.486 e. The van der Waals surface area contributed by atoms with Crippen molar-refractivity contribution < 1.29 is 4.74 Å². The van der Waals surface area contributed by atoms with Crippen LogP contribution in [-0.4, -0.2) is 4.98 Å². The molecular weight excluding hydrogens is 280 g/mol. The Balaban J connectivity index is 2.10. The van der Waals surface area contributed by atoms with E-state index in [1.807, 2.05) is 43.3 Å². The number of aromatic nitrogens is 1. The van der Waals surface area contributed by atoms with Crippen molar-refractivity contribution in [1.29, 1.82) is 0 Å². The number of nitrogens with zero attached hydrogens (tertiary/aromatic N) is 1. The van der Waals surface area contributed by atoms with Gasteiger partial charge in [0.1, 0.15) is 12.4 Å². The summed E-state index contributed by atoms with van der Waals surface area (Å²) >= 11 is 3.40. The van der Waals surface area contributed by atoms with Crippen molar-refractivity contribution in [3.05, 3.63) is 52.3 Å². The molecule has 0 spiro atoms. The summed E-state index contributed by atoms with van der Waals surface area (Å²) in [7, 11) is 0. The molecule has 1 aromatic heterocycles. The Hall–Kier alpha value is -1.55. The zero-order chi connectivity index (χ0) is 12.3. The Morgan fingerprint density at radius 2 is 2.00 bits per heavy atom. The van der Waals surface area contributed by atoms with Gasteiger partial charge >= 0.3 is 0 Å². The first kappa shape index (κ1) is 11.9. The second-order valence-electron chi connectivity index (χ2n) is 3.72. The van der Waals surface area contributed by atoms with E-state index in [-0.39, 0.29) is 0 Å². The van der Waals surface area contributed by atoms with Crippen molar-refractivity contribution in [3.63, 3.8) is 0 Å². The number of nitrogens with two attached hydrogens (primary N) is 1. The van der Waals surface area contributed by atoms with Crippen LogP contribution in [0.4, 0.5) is 5.69 Å². The molecule has 0 unspecified atom stereocenters. The summed E-state index contributed by atoms with van der Waals surface area (Å²) in [6.07, 6.45) is 0. The van der Waals surface area contributed by atoms with E-state index in [1.54, 1.807) is 0 Å². The first-order valence-electron chi connectivity index (χ1n) is 5.26. The van der Waals surface area contributed by atoms with Crippen LogP contribution in [0.2, 0.25) is 0 Å². The van der Waals surface area contributed by atoms with Crippen LogP contribution < -0.4 is 10.5 Å². The van der Waals surface area contributed by atoms with Gasteiger partial charge in [-0.15, -0.1) is 0 Å². The van der Waals surface area contributed by atoms with Crippen molar-refractivity contribution in [2.24, 2.45) is 0 Å². The highest BCUT2D eigenvalue weighted by Gasteiger charge is 2.04. The Labute approximate surface area is 109 Å². The van der Waals surface area contributed by atoms with Crippen molar-refractivity contribution >= 4 is 21.6 Å². The van der Waals surface area contributed by atoms with Crippen LogP contribution >= 0.6 is 15.9 Å². The van der Waals surface area contributed by atoms with Crippen LogP contribution in [0, 0.1) is 6.92 Å². The number of benzene rings is 1. The monoisotopic (exact) mass is 292 g/mol. The van der Waals surface area contributed by atoms with Crippen LogP contribution in [0.15, 0.2) is 40.9 Å². The molecule has 2 rings (SSSR count). The molecule has 0 saturated heterocycles. The van der Waals surface area contributed by atoms with Crippen LogP contribution in [-0.2, 0) is 6.61 Å². The van der Waals surface area contributed by atoms with Crippen molar-refractivity contribution in [2.45, 2.75) is 13.5 Å². The lowest BCUT2D eigenvalue weighted by Crippen LogP contribution is -2.00. The van der Waals surface area contributed by atoms with Crippen molar-refractivity contribution in [3.8, 4) is 5.75 Å². The Morgan fingerprint density at radius 3 is 2.76 bits per heavy atom. The Kier molecular flexibility index (Phi) is 3.64. The zero-order valence-corrected chi connectivity index (χ0v) is 11.1. The minimum absolute atomic E-state index is 0.434. The van der Waals surface area contributed by atoms with E-state index >= 15 is 0 Å². The fourth-order valence-corrected chi connectivity index (χ4v) is 1.85. The minimum atomic E-state index is 0.434. The lowest BCUT2D eigenvalue weighted by atomic mass is 10.3. The number of halogens is 1. The maximum absolute atomic E-state index is 5.77. The Bertz CT molecular complexity index is 529. The Morgan fingerprint density at radius 1 is 1.24 bits per heavy atom. The van der Waals surface area contributed by atoms with Crippen LogP contribution in [0.25, 0.3) is 0 Å². The molecular formula is C13H13BrN2O. The lowest BCUT2D eigenvalue weighted by molar-refractivity contribution is 0.299. The first-order valence-corrected chi connectivity index (χ1v) is 6.05. The summed E-state index contributed by atoms with van der Waals surface area (Å²) in [5.41, 5.74) is 8.32. The largest absolute Gasteiger partial charge is 0.486 e. The van der Waals surface area contributed by atoms with Gasteiger partial charge in [0.25, 0.3) is 0 Å². The first-order chi connectivity index (χ1) is 8.16. The predicted octanol–water partition coefficient (Wildman–Crippen LogP) is 3.31. The topological polar surface area (TPSA) is 48.1 Å². The lowest BCUT2D eigenvalue weighted by Gasteiger charge is -2.09. The smallest absolute Gasteiger partial charge is 0.136 e. The molecule has 1 heterocycles. The molecule has 0 aliphatic carbocycles. The molecule has 4 heteroatoms. The second-order valence-corrected chi connectivity index (χ2v) is 4.51. The van der Waals surface area contributed by atoms with E-state index in [1.165, 1.54) is 0 Å². The highest BCUT2D eigenvalue weighted by molar-refractivity contribution is 9.10. The third-order valence-electron chi connectivity index (χ3n) is 2.31. The van der Waals surface area contributed by atoms with Crippen LogP contribution in [0.3, 0.4) is 0 Å². The maximum Gasteiger partial charge on any atom is 0.136 e. The number of rotatable bonds is 3. The van der Waals surface area contributed by atoms with Crippen molar-refractivity contribution in [1.82, 2.24) is 4.98 Å². The molecule has 1 aromatic carbocycles. The predicted molar refractivity (Wildman–Crippen MR) is 71.9 cm³/mol. The molecule has 0 fully saturated rings. The van der Waals surface area contributed by atoms with Gasteiger partial charge in [0.2, 0.25) is 0 Å². The fourth-order valence-electron chi connectivity index (χ4n) is 1.47. The summed E-state index contributed by atoms with van der Waals surface area (Å²) < 4.78 is 6.45. The van der Waals surface area contributed by atoms with Gasteiger partial charge in [0, 0.05) is 11.4 Å². The van der Waals surface area contributed by atoms with Gasteiger partial charge in [-0.05, 0) is 47.1 Å². The second kappa shape index (κ2) is 5.19. The molecule has 0 amide bonds. The van der Waals surface area contributed by atoms with E-state index in [0.717, 1.165) is 21.6 Å². The van der Waals surface area contributed by atoms with Crippen molar-refractivity contribution in [2.75, 3.05) is 5.73 Å². The molecule has 0 aliphatic rings. The average molecular weight is 293 g/mol. The van der Waals surface area contributed by atoms with E-state index in [4.69, 9.17) is 10.5 Å². The molecule has 0 radical (unpaired) electrons. The average Bonchev–Trinajstić information content (AvgIpc) is 2.31. The van der Waals surface area contributed by atoms with Gasteiger partial charge in [-0.2, -0.15) is 0 Å². The van der Waals surface area contributed by atoms with Gasteiger partial charge in [-0.1, -0.05) is 12.1 Å². The molecule has 2 aromatic rings. The standard InChI is InChI=1S/C13H13BrN2O/c1-9-4-2-5-10(16-9)8-17-12-7-3-6-11(15)13(12)14/h2-7H,8,15H2,1H3. The summed E-state index contributed by atoms with van der Waals surface area (Å²) in [5.74, 6) is 0.730. The summed E-state index contributed by atoms with van der Waals surface area (Å²) in [5, 5.41) is 0. The summed E-state index contributed by atoms with van der Waals surface area (Å²) in [4.78, 5) is 4.37. The summed E-state index contributed by atoms with van der Waals surface area (Å²) in [6, 6.07) is 11.4. The number of hydrogen-bond acceptors (Lipinski definition) is 3. The van der Waals surface area contributed by atoms with E-state index in [9.17, 15) is 0 Å². The summed E-state index contributed by atoms with van der Waals surface area (Å²) in [6.45, 7) is 2.39. The van der Waals surface area contributed by atoms with Gasteiger partial charge in [-0.3, -0.25) is 4.98 Å². The van der Waals surface area contributed by atoms with Gasteiger partial charge in [0.15, 0.2) is 0 Å². The molecule has 0 atom stereocenters. The van der Waals surface area contributed by atoms with Gasteiger partial charge < -0.3 is 10.5 Å². The molecule has 3 nitrogen and oxygen atoms in total. The quantitative estimate of drug-likeness (QED) is 0.883. The SMILES string of the molecule is Cc1cccc(COc2cccc(N)c2Br)n1. The number of ether oxygens (including phenoxy) is 1. The van der Waals surface area contributed by atoms with E-state index in [0.29, 0.717) is 12.3 Å². The highest BCUT2D eigenvalue weighted by atomic mass is 79.9. The highest BCUT2D eigenvalue weighted by Crippen LogP contribution is 2.30. The molecule has 17 heavy (non-hydrogen) atoms. The molecule has 0 aliphatic heterocycles. The third-order valence-corrected chi connectivity index (χ3v) is 3.16. The van der Waals surface area contributed by atoms with E-state index in [2.05, 4.69) is 20.9 Å². The maximum atomic E-state index is 5.77. The molecule has 88 valence electrons. The fraction of sp³-hybridized carbons (Fsp3) is 0.154. The number of nitrogen functional groups attached to an aromatic ring is 1. The number of pyridine rings is 1. The van der Waals surface area contributed by atoms with Crippen LogP contribution in [0.1, 0.15) is 11.4 Å². The molecule has 0 saturated carbocycles. The number of aryl methyl sites for hydroxylation is 1. The molecule has 0 bridgehead atoms. The van der Waals surface area contributed by atoms with Crippen LogP contribution in [0.5, 0.6) is 5.75 Å². The normalized spacial score (nSPS) is 10.2. The van der Waals surface area contributed by atoms with Gasteiger partial charge in [-0.25, -0.2) is 0 Å². The van der Waals surface area contributed by atoms with E-state index < -0.39 is 0 Å². The third kappa shape index (κ3) is 2.97. The number of anilines is 1. The molecule has 2 N–H and O–H groups in total.